The molecule has 2 aromatic carbocycles. The molecule has 0 atom stereocenters. The lowest BCUT2D eigenvalue weighted by Crippen LogP contribution is -2.02. The molecule has 0 saturated heterocycles. The van der Waals surface area contributed by atoms with Crippen molar-refractivity contribution in [3.63, 3.8) is 0 Å². The molecule has 0 saturated carbocycles. The maximum atomic E-state index is 6.22. The van der Waals surface area contributed by atoms with Crippen molar-refractivity contribution < 1.29 is 9.47 Å². The van der Waals surface area contributed by atoms with E-state index in [0.29, 0.717) is 11.6 Å². The van der Waals surface area contributed by atoms with Crippen LogP contribution in [0, 0.1) is 0 Å². The zero-order valence-corrected chi connectivity index (χ0v) is 13.1. The number of nitrogens with one attached hydrogen (secondary N) is 1. The van der Waals surface area contributed by atoms with E-state index in [9.17, 15) is 0 Å². The van der Waals surface area contributed by atoms with Crippen LogP contribution in [0.5, 0.6) is 11.5 Å². The van der Waals surface area contributed by atoms with E-state index >= 15 is 0 Å². The van der Waals surface area contributed by atoms with Gasteiger partial charge in [0.05, 0.1) is 13.7 Å². The van der Waals surface area contributed by atoms with Crippen LogP contribution < -0.4 is 14.8 Å². The minimum Gasteiger partial charge on any atom is -0.496 e. The lowest BCUT2D eigenvalue weighted by atomic mass is 10.2. The van der Waals surface area contributed by atoms with Gasteiger partial charge in [-0.05, 0) is 42.8 Å². The van der Waals surface area contributed by atoms with E-state index in [1.807, 2.05) is 42.5 Å². The van der Waals surface area contributed by atoms with Crippen molar-refractivity contribution in [1.82, 2.24) is 0 Å². The molecule has 4 heteroatoms. The fourth-order valence-electron chi connectivity index (χ4n) is 1.98. The fraction of sp³-hybridized carbons (Fsp3) is 0.294. The quantitative estimate of drug-likeness (QED) is 0.800. The number of methoxy groups -OCH3 is 1. The summed E-state index contributed by atoms with van der Waals surface area (Å²) < 4.78 is 10.9. The van der Waals surface area contributed by atoms with E-state index in [2.05, 4.69) is 12.2 Å². The van der Waals surface area contributed by atoms with Crippen LogP contribution in [0.1, 0.15) is 18.9 Å². The molecule has 3 nitrogen and oxygen atoms in total. The summed E-state index contributed by atoms with van der Waals surface area (Å²) in [6.45, 7) is 3.44. The number of halogens is 1. The van der Waals surface area contributed by atoms with Gasteiger partial charge in [0.15, 0.2) is 0 Å². The molecule has 2 rings (SSSR count). The van der Waals surface area contributed by atoms with Gasteiger partial charge in [0.25, 0.3) is 0 Å². The first-order valence-electron chi connectivity index (χ1n) is 7.02. The molecule has 0 radical (unpaired) electrons. The molecule has 21 heavy (non-hydrogen) atoms. The van der Waals surface area contributed by atoms with Crippen molar-refractivity contribution in [2.75, 3.05) is 19.0 Å². The van der Waals surface area contributed by atoms with E-state index in [1.165, 1.54) is 0 Å². The Morgan fingerprint density at radius 2 is 1.86 bits per heavy atom. The first-order chi connectivity index (χ1) is 10.2. The van der Waals surface area contributed by atoms with Gasteiger partial charge < -0.3 is 14.8 Å². The average molecular weight is 306 g/mol. The third-order valence-electron chi connectivity index (χ3n) is 3.09. The Balaban J connectivity index is 2.00. The molecule has 1 N–H and O–H groups in total. The van der Waals surface area contributed by atoms with Gasteiger partial charge in [-0.1, -0.05) is 24.6 Å². The van der Waals surface area contributed by atoms with Crippen molar-refractivity contribution in [2.24, 2.45) is 0 Å². The van der Waals surface area contributed by atoms with E-state index in [0.717, 1.165) is 35.8 Å². The summed E-state index contributed by atoms with van der Waals surface area (Å²) in [5.41, 5.74) is 1.97. The van der Waals surface area contributed by atoms with Gasteiger partial charge in [-0.2, -0.15) is 0 Å². The summed E-state index contributed by atoms with van der Waals surface area (Å²) in [6.07, 6.45) is 1.01. The maximum Gasteiger partial charge on any atom is 0.125 e. The molecule has 0 amide bonds. The molecule has 0 unspecified atom stereocenters. The zero-order valence-electron chi connectivity index (χ0n) is 12.4. The van der Waals surface area contributed by atoms with E-state index in [-0.39, 0.29) is 0 Å². The number of benzene rings is 2. The molecule has 0 spiro atoms. The van der Waals surface area contributed by atoms with E-state index in [1.54, 1.807) is 7.11 Å². The van der Waals surface area contributed by atoms with Gasteiger partial charge in [0.2, 0.25) is 0 Å². The van der Waals surface area contributed by atoms with E-state index < -0.39 is 0 Å². The first-order valence-corrected chi connectivity index (χ1v) is 7.40. The summed E-state index contributed by atoms with van der Waals surface area (Å²) in [7, 11) is 1.65. The van der Waals surface area contributed by atoms with Crippen LogP contribution in [0.2, 0.25) is 5.02 Å². The molecule has 0 heterocycles. The molecule has 2 aromatic rings. The standard InChI is InChI=1S/C17H20ClNO2/c1-3-11-21-14-9-7-13(8-10-14)19-12-15-16(18)5-4-6-17(15)20-2/h4-10,19H,3,11-12H2,1-2H3. The van der Waals surface area contributed by atoms with Crippen LogP contribution in [-0.4, -0.2) is 13.7 Å². The second-order valence-corrected chi connectivity index (χ2v) is 5.05. The Kier molecular flexibility index (Phi) is 5.76. The predicted octanol–water partition coefficient (Wildman–Crippen LogP) is 4.75. The molecule has 112 valence electrons. The van der Waals surface area contributed by atoms with Gasteiger partial charge in [-0.25, -0.2) is 0 Å². The van der Waals surface area contributed by atoms with Crippen LogP contribution in [0.3, 0.4) is 0 Å². The summed E-state index contributed by atoms with van der Waals surface area (Å²) in [4.78, 5) is 0. The molecule has 0 bridgehead atoms. The van der Waals surface area contributed by atoms with Gasteiger partial charge >= 0.3 is 0 Å². The third-order valence-corrected chi connectivity index (χ3v) is 3.45. The Hall–Kier alpha value is -1.87. The lowest BCUT2D eigenvalue weighted by Gasteiger charge is -2.12. The lowest BCUT2D eigenvalue weighted by molar-refractivity contribution is 0.317. The summed E-state index contributed by atoms with van der Waals surface area (Å²) >= 11 is 6.22. The van der Waals surface area contributed by atoms with Crippen LogP contribution in [0.25, 0.3) is 0 Å². The fourth-order valence-corrected chi connectivity index (χ4v) is 2.21. The second kappa shape index (κ2) is 7.79. The maximum absolute atomic E-state index is 6.22. The molecular formula is C17H20ClNO2. The number of rotatable bonds is 7. The van der Waals surface area contributed by atoms with Crippen molar-refractivity contribution in [3.05, 3.63) is 53.1 Å². The molecule has 0 aliphatic heterocycles. The normalized spacial score (nSPS) is 10.2. The van der Waals surface area contributed by atoms with Crippen molar-refractivity contribution >= 4 is 17.3 Å². The topological polar surface area (TPSA) is 30.5 Å². The molecular weight excluding hydrogens is 286 g/mol. The molecule has 0 aromatic heterocycles. The van der Waals surface area contributed by atoms with Gasteiger partial charge in [0, 0.05) is 22.8 Å². The van der Waals surface area contributed by atoms with Crippen LogP contribution in [-0.2, 0) is 6.54 Å². The van der Waals surface area contributed by atoms with Gasteiger partial charge in [-0.3, -0.25) is 0 Å². The Labute approximate surface area is 130 Å². The average Bonchev–Trinajstić information content (AvgIpc) is 2.52. The number of anilines is 1. The Morgan fingerprint density at radius 3 is 2.52 bits per heavy atom. The van der Waals surface area contributed by atoms with E-state index in [4.69, 9.17) is 21.1 Å². The number of hydrogen-bond donors (Lipinski definition) is 1. The second-order valence-electron chi connectivity index (χ2n) is 4.65. The van der Waals surface area contributed by atoms with Gasteiger partial charge in [-0.15, -0.1) is 0 Å². The highest BCUT2D eigenvalue weighted by Gasteiger charge is 2.07. The summed E-state index contributed by atoms with van der Waals surface area (Å²) in [5, 5.41) is 4.04. The molecule has 0 aliphatic rings. The van der Waals surface area contributed by atoms with Crippen LogP contribution in [0.15, 0.2) is 42.5 Å². The SMILES string of the molecule is CCCOc1ccc(NCc2c(Cl)cccc2OC)cc1. The highest BCUT2D eigenvalue weighted by molar-refractivity contribution is 6.31. The zero-order chi connectivity index (χ0) is 15.1. The van der Waals surface area contributed by atoms with Crippen molar-refractivity contribution in [2.45, 2.75) is 19.9 Å². The number of hydrogen-bond acceptors (Lipinski definition) is 3. The van der Waals surface area contributed by atoms with Gasteiger partial charge in [0.1, 0.15) is 11.5 Å². The highest BCUT2D eigenvalue weighted by Crippen LogP contribution is 2.27. The third kappa shape index (κ3) is 4.30. The number of ether oxygens (including phenoxy) is 2. The smallest absolute Gasteiger partial charge is 0.125 e. The predicted molar refractivity (Wildman–Crippen MR) is 87.6 cm³/mol. The van der Waals surface area contributed by atoms with Crippen molar-refractivity contribution in [3.8, 4) is 11.5 Å². The monoisotopic (exact) mass is 305 g/mol. The van der Waals surface area contributed by atoms with Crippen LogP contribution in [0.4, 0.5) is 5.69 Å². The largest absolute Gasteiger partial charge is 0.496 e. The molecule has 0 aliphatic carbocycles. The Bertz CT molecular complexity index is 570. The highest BCUT2D eigenvalue weighted by atomic mass is 35.5. The van der Waals surface area contributed by atoms with Crippen molar-refractivity contribution in [1.29, 1.82) is 0 Å². The molecule has 0 fully saturated rings. The first kappa shape index (κ1) is 15.5. The summed E-state index contributed by atoms with van der Waals surface area (Å²) in [5.74, 6) is 1.68. The Morgan fingerprint density at radius 1 is 1.10 bits per heavy atom. The summed E-state index contributed by atoms with van der Waals surface area (Å²) in [6, 6.07) is 13.6. The minimum atomic E-state index is 0.609. The minimum absolute atomic E-state index is 0.609. The van der Waals surface area contributed by atoms with Crippen LogP contribution >= 0.6 is 11.6 Å².